The number of nitrogens with zero attached hydrogens (tertiary/aromatic N) is 1. The Morgan fingerprint density at radius 2 is 2.15 bits per heavy atom. The highest BCUT2D eigenvalue weighted by Gasteiger charge is 2.32. The van der Waals surface area contributed by atoms with E-state index in [1.165, 1.54) is 0 Å². The fourth-order valence-corrected chi connectivity index (χ4v) is 2.59. The number of aliphatic hydroxyl groups excluding tert-OH is 1. The molecule has 1 aromatic rings. The molecular formula is C16H23NO3. The lowest BCUT2D eigenvalue weighted by Gasteiger charge is -2.24. The predicted octanol–water partition coefficient (Wildman–Crippen LogP) is 2.17. The Labute approximate surface area is 120 Å². The highest BCUT2D eigenvalue weighted by Crippen LogP contribution is 2.34. The minimum atomic E-state index is -0.223. The van der Waals surface area contributed by atoms with E-state index in [0.717, 1.165) is 30.6 Å². The second-order valence-electron chi connectivity index (χ2n) is 5.16. The van der Waals surface area contributed by atoms with Gasteiger partial charge in [-0.25, -0.2) is 0 Å². The number of hydrogen-bond acceptors (Lipinski definition) is 3. The van der Waals surface area contributed by atoms with Crippen molar-refractivity contribution in [3.63, 3.8) is 0 Å². The molecule has 0 spiro atoms. The van der Waals surface area contributed by atoms with Crippen LogP contribution >= 0.6 is 0 Å². The summed E-state index contributed by atoms with van der Waals surface area (Å²) in [6, 6.07) is 7.70. The van der Waals surface area contributed by atoms with Gasteiger partial charge in [0.05, 0.1) is 6.61 Å². The smallest absolute Gasteiger partial charge is 0.233 e. The van der Waals surface area contributed by atoms with Crippen LogP contribution in [0.15, 0.2) is 24.3 Å². The van der Waals surface area contributed by atoms with Gasteiger partial charge in [0, 0.05) is 18.7 Å². The Kier molecular flexibility index (Phi) is 5.41. The topological polar surface area (TPSA) is 49.8 Å². The third kappa shape index (κ3) is 3.31. The minimum Gasteiger partial charge on any atom is -0.492 e. The van der Waals surface area contributed by atoms with Crippen LogP contribution in [0.2, 0.25) is 0 Å². The summed E-state index contributed by atoms with van der Waals surface area (Å²) >= 11 is 0. The van der Waals surface area contributed by atoms with Gasteiger partial charge in [-0.15, -0.1) is 0 Å². The van der Waals surface area contributed by atoms with Crippen LogP contribution in [0.5, 0.6) is 5.75 Å². The van der Waals surface area contributed by atoms with Crippen molar-refractivity contribution in [3.05, 3.63) is 29.8 Å². The summed E-state index contributed by atoms with van der Waals surface area (Å²) in [6.45, 7) is 3.67. The van der Waals surface area contributed by atoms with Crippen LogP contribution < -0.4 is 4.74 Å². The van der Waals surface area contributed by atoms with Gasteiger partial charge in [0.2, 0.25) is 5.91 Å². The van der Waals surface area contributed by atoms with Crippen LogP contribution in [-0.2, 0) is 4.79 Å². The molecule has 0 fully saturated rings. The Balaban J connectivity index is 2.04. The molecule has 0 saturated heterocycles. The Hall–Kier alpha value is -1.55. The van der Waals surface area contributed by atoms with Gasteiger partial charge in [-0.3, -0.25) is 4.79 Å². The molecule has 0 saturated carbocycles. The molecule has 110 valence electrons. The second-order valence-corrected chi connectivity index (χ2v) is 5.16. The van der Waals surface area contributed by atoms with Gasteiger partial charge in [0.15, 0.2) is 0 Å². The summed E-state index contributed by atoms with van der Waals surface area (Å²) in [5.41, 5.74) is 0.968. The highest BCUT2D eigenvalue weighted by molar-refractivity contribution is 5.85. The molecule has 1 heterocycles. The van der Waals surface area contributed by atoms with Crippen LogP contribution in [0.3, 0.4) is 0 Å². The molecule has 1 aliphatic heterocycles. The van der Waals surface area contributed by atoms with Crippen LogP contribution in [0.25, 0.3) is 0 Å². The largest absolute Gasteiger partial charge is 0.492 e. The van der Waals surface area contributed by atoms with Crippen LogP contribution in [0.4, 0.5) is 0 Å². The van der Waals surface area contributed by atoms with Gasteiger partial charge in [0.1, 0.15) is 18.3 Å². The first kappa shape index (κ1) is 14.9. The van der Waals surface area contributed by atoms with Crippen molar-refractivity contribution < 1.29 is 14.6 Å². The Morgan fingerprint density at radius 1 is 1.35 bits per heavy atom. The zero-order valence-corrected chi connectivity index (χ0v) is 12.0. The zero-order valence-electron chi connectivity index (χ0n) is 12.0. The highest BCUT2D eigenvalue weighted by atomic mass is 16.5. The van der Waals surface area contributed by atoms with E-state index in [1.54, 1.807) is 4.90 Å². The van der Waals surface area contributed by atoms with E-state index in [4.69, 9.17) is 9.84 Å². The van der Waals surface area contributed by atoms with Crippen molar-refractivity contribution >= 4 is 5.91 Å². The number of ether oxygens (including phenoxy) is 1. The van der Waals surface area contributed by atoms with Crippen molar-refractivity contribution in [3.8, 4) is 5.75 Å². The maximum absolute atomic E-state index is 12.6. The summed E-state index contributed by atoms with van der Waals surface area (Å²) in [5.74, 6) is 0.655. The minimum absolute atomic E-state index is 0.00703. The van der Waals surface area contributed by atoms with Crippen LogP contribution in [0.1, 0.15) is 37.7 Å². The number of fused-ring (bicyclic) bond motifs is 1. The van der Waals surface area contributed by atoms with E-state index in [2.05, 4.69) is 6.92 Å². The molecule has 0 aliphatic carbocycles. The standard InChI is InChI=1S/C16H23NO3/c1-2-3-6-9-17(10-11-18)16(19)14-12-20-15-8-5-4-7-13(14)15/h4-5,7-8,14,18H,2-3,6,9-12H2,1H3. The first-order chi connectivity index (χ1) is 9.77. The quantitative estimate of drug-likeness (QED) is 0.777. The van der Waals surface area contributed by atoms with Gasteiger partial charge in [-0.05, 0) is 12.5 Å². The van der Waals surface area contributed by atoms with E-state index in [0.29, 0.717) is 19.7 Å². The van der Waals surface area contributed by atoms with Crippen LogP contribution in [0, 0.1) is 0 Å². The summed E-state index contributed by atoms with van der Waals surface area (Å²) in [7, 11) is 0. The average Bonchev–Trinajstić information content (AvgIpc) is 2.90. The normalized spacial score (nSPS) is 16.6. The van der Waals surface area contributed by atoms with Gasteiger partial charge < -0.3 is 14.7 Å². The summed E-state index contributed by atoms with van der Waals surface area (Å²) in [5, 5.41) is 9.16. The number of carbonyl (C=O) groups is 1. The number of aliphatic hydroxyl groups is 1. The second kappa shape index (κ2) is 7.29. The summed E-state index contributed by atoms with van der Waals surface area (Å²) < 4.78 is 5.58. The number of amides is 1. The van der Waals surface area contributed by atoms with Crippen molar-refractivity contribution in [1.29, 1.82) is 0 Å². The SMILES string of the molecule is CCCCCN(CCO)C(=O)C1COc2ccccc21. The van der Waals surface area contributed by atoms with E-state index < -0.39 is 0 Å². The maximum Gasteiger partial charge on any atom is 0.233 e. The molecule has 4 heteroatoms. The molecule has 2 rings (SSSR count). The first-order valence-corrected chi connectivity index (χ1v) is 7.39. The van der Waals surface area contributed by atoms with Crippen molar-refractivity contribution in [2.24, 2.45) is 0 Å². The lowest BCUT2D eigenvalue weighted by Crippen LogP contribution is -2.38. The number of hydrogen-bond donors (Lipinski definition) is 1. The van der Waals surface area contributed by atoms with Gasteiger partial charge in [0.25, 0.3) is 0 Å². The maximum atomic E-state index is 12.6. The molecule has 0 radical (unpaired) electrons. The van der Waals surface area contributed by atoms with E-state index in [-0.39, 0.29) is 18.4 Å². The Morgan fingerprint density at radius 3 is 2.90 bits per heavy atom. The zero-order chi connectivity index (χ0) is 14.4. The van der Waals surface area contributed by atoms with Gasteiger partial charge >= 0.3 is 0 Å². The number of benzene rings is 1. The molecular weight excluding hydrogens is 254 g/mol. The molecule has 1 N–H and O–H groups in total. The molecule has 0 bridgehead atoms. The molecule has 0 aromatic heterocycles. The van der Waals surface area contributed by atoms with Crippen molar-refractivity contribution in [2.45, 2.75) is 32.1 Å². The molecule has 1 aliphatic rings. The monoisotopic (exact) mass is 277 g/mol. The summed E-state index contributed by atoms with van der Waals surface area (Å²) in [4.78, 5) is 14.4. The third-order valence-corrected chi connectivity index (χ3v) is 3.71. The van der Waals surface area contributed by atoms with Crippen molar-refractivity contribution in [1.82, 2.24) is 4.90 Å². The molecule has 1 amide bonds. The fraction of sp³-hybridized carbons (Fsp3) is 0.562. The molecule has 1 atom stereocenters. The molecule has 1 aromatic carbocycles. The Bertz CT molecular complexity index is 447. The number of unbranched alkanes of at least 4 members (excludes halogenated alkanes) is 2. The number of carbonyl (C=O) groups excluding carboxylic acids is 1. The number of para-hydroxylation sites is 1. The van der Waals surface area contributed by atoms with E-state index in [1.807, 2.05) is 24.3 Å². The lowest BCUT2D eigenvalue weighted by atomic mass is 9.99. The fourth-order valence-electron chi connectivity index (χ4n) is 2.59. The average molecular weight is 277 g/mol. The van der Waals surface area contributed by atoms with Crippen LogP contribution in [-0.4, -0.2) is 42.2 Å². The lowest BCUT2D eigenvalue weighted by molar-refractivity contribution is -0.133. The predicted molar refractivity (Wildman–Crippen MR) is 77.9 cm³/mol. The van der Waals surface area contributed by atoms with Crippen molar-refractivity contribution in [2.75, 3.05) is 26.3 Å². The summed E-state index contributed by atoms with van der Waals surface area (Å²) in [6.07, 6.45) is 3.21. The third-order valence-electron chi connectivity index (χ3n) is 3.71. The van der Waals surface area contributed by atoms with Gasteiger partial charge in [-0.2, -0.15) is 0 Å². The van der Waals surface area contributed by atoms with E-state index in [9.17, 15) is 4.79 Å². The molecule has 4 nitrogen and oxygen atoms in total. The first-order valence-electron chi connectivity index (χ1n) is 7.39. The van der Waals surface area contributed by atoms with Gasteiger partial charge in [-0.1, -0.05) is 38.0 Å². The van der Waals surface area contributed by atoms with E-state index >= 15 is 0 Å². The molecule has 1 unspecified atom stereocenters. The number of rotatable bonds is 7. The molecule has 20 heavy (non-hydrogen) atoms.